The highest BCUT2D eigenvalue weighted by Crippen LogP contribution is 2.24. The van der Waals surface area contributed by atoms with Gasteiger partial charge >= 0.3 is 5.97 Å². The molecule has 2 aromatic rings. The fraction of sp³-hybridized carbons (Fsp3) is 0.250. The van der Waals surface area contributed by atoms with Crippen molar-refractivity contribution in [1.29, 1.82) is 0 Å². The van der Waals surface area contributed by atoms with E-state index in [4.69, 9.17) is 9.84 Å². The third kappa shape index (κ3) is 3.70. The maximum Gasteiger partial charge on any atom is 0.358 e. The number of nitrogens with one attached hydrogen (secondary N) is 1. The van der Waals surface area contributed by atoms with Crippen molar-refractivity contribution < 1.29 is 14.6 Å². The highest BCUT2D eigenvalue weighted by Gasteiger charge is 2.07. The van der Waals surface area contributed by atoms with Crippen LogP contribution in [0.25, 0.3) is 0 Å². The minimum atomic E-state index is -1.08. The number of benzene rings is 1. The summed E-state index contributed by atoms with van der Waals surface area (Å²) in [5.41, 5.74) is 0.837. The SMILES string of the molecule is COc1cc(Br)cc(NCCn2cc(C(=O)O)nn2)c1. The summed E-state index contributed by atoms with van der Waals surface area (Å²) in [6, 6.07) is 5.66. The van der Waals surface area contributed by atoms with Crippen molar-refractivity contribution in [3.8, 4) is 5.75 Å². The van der Waals surface area contributed by atoms with E-state index in [-0.39, 0.29) is 5.69 Å². The molecule has 2 rings (SSSR count). The van der Waals surface area contributed by atoms with Crippen LogP contribution in [0.2, 0.25) is 0 Å². The van der Waals surface area contributed by atoms with Crippen molar-refractivity contribution in [3.05, 3.63) is 34.6 Å². The average Bonchev–Trinajstić information content (AvgIpc) is 2.87. The third-order valence-electron chi connectivity index (χ3n) is 2.53. The molecule has 0 bridgehead atoms. The Morgan fingerprint density at radius 2 is 2.30 bits per heavy atom. The van der Waals surface area contributed by atoms with Gasteiger partial charge in [-0.05, 0) is 12.1 Å². The number of anilines is 1. The maximum atomic E-state index is 10.7. The van der Waals surface area contributed by atoms with E-state index in [0.717, 1.165) is 15.9 Å². The highest BCUT2D eigenvalue weighted by atomic mass is 79.9. The molecule has 0 aliphatic carbocycles. The van der Waals surface area contributed by atoms with Crippen molar-refractivity contribution in [3.63, 3.8) is 0 Å². The van der Waals surface area contributed by atoms with Crippen LogP contribution in [0.15, 0.2) is 28.9 Å². The van der Waals surface area contributed by atoms with E-state index in [2.05, 4.69) is 31.6 Å². The molecule has 20 heavy (non-hydrogen) atoms. The van der Waals surface area contributed by atoms with E-state index in [1.54, 1.807) is 7.11 Å². The molecule has 0 spiro atoms. The Morgan fingerprint density at radius 3 is 2.95 bits per heavy atom. The van der Waals surface area contributed by atoms with Crippen molar-refractivity contribution in [1.82, 2.24) is 15.0 Å². The number of carbonyl (C=O) groups is 1. The maximum absolute atomic E-state index is 10.7. The second kappa shape index (κ2) is 6.38. The first-order chi connectivity index (χ1) is 9.58. The zero-order chi connectivity index (χ0) is 14.5. The van der Waals surface area contributed by atoms with Crippen LogP contribution in [0.3, 0.4) is 0 Å². The molecule has 0 amide bonds. The summed E-state index contributed by atoms with van der Waals surface area (Å²) in [5.74, 6) is -0.336. The molecule has 0 fully saturated rings. The van der Waals surface area contributed by atoms with Gasteiger partial charge in [0.1, 0.15) is 5.75 Å². The monoisotopic (exact) mass is 340 g/mol. The smallest absolute Gasteiger partial charge is 0.358 e. The molecular weight excluding hydrogens is 328 g/mol. The highest BCUT2D eigenvalue weighted by molar-refractivity contribution is 9.10. The lowest BCUT2D eigenvalue weighted by Crippen LogP contribution is -2.11. The Morgan fingerprint density at radius 1 is 1.50 bits per heavy atom. The number of halogens is 1. The Hall–Kier alpha value is -2.09. The molecule has 1 aromatic carbocycles. The largest absolute Gasteiger partial charge is 0.497 e. The van der Waals surface area contributed by atoms with Gasteiger partial charge in [-0.25, -0.2) is 9.48 Å². The van der Waals surface area contributed by atoms with Gasteiger partial charge in [0.25, 0.3) is 0 Å². The quantitative estimate of drug-likeness (QED) is 0.834. The minimum absolute atomic E-state index is 0.0610. The van der Waals surface area contributed by atoms with E-state index < -0.39 is 5.97 Å². The molecule has 0 atom stereocenters. The van der Waals surface area contributed by atoms with Crippen molar-refractivity contribution in [2.24, 2.45) is 0 Å². The van der Waals surface area contributed by atoms with Crippen LogP contribution in [0, 0.1) is 0 Å². The molecule has 1 aromatic heterocycles. The number of rotatable bonds is 6. The number of aromatic carboxylic acids is 1. The molecule has 2 N–H and O–H groups in total. The number of hydrogen-bond acceptors (Lipinski definition) is 5. The predicted molar refractivity (Wildman–Crippen MR) is 76.2 cm³/mol. The average molecular weight is 341 g/mol. The van der Waals surface area contributed by atoms with Gasteiger partial charge < -0.3 is 15.2 Å². The standard InChI is InChI=1S/C12H13BrN4O3/c1-20-10-5-8(13)4-9(6-10)14-2-3-17-7-11(12(18)19)15-16-17/h4-7,14H,2-3H2,1H3,(H,18,19). The van der Waals surface area contributed by atoms with E-state index >= 15 is 0 Å². The number of aromatic nitrogens is 3. The topological polar surface area (TPSA) is 89.3 Å². The predicted octanol–water partition coefficient (Wildman–Crippen LogP) is 1.86. The molecule has 8 heteroatoms. The second-order valence-electron chi connectivity index (χ2n) is 3.98. The molecule has 7 nitrogen and oxygen atoms in total. The minimum Gasteiger partial charge on any atom is -0.497 e. The van der Waals surface area contributed by atoms with Gasteiger partial charge in [-0.15, -0.1) is 5.10 Å². The van der Waals surface area contributed by atoms with Crippen LogP contribution >= 0.6 is 15.9 Å². The Balaban J connectivity index is 1.92. The first-order valence-electron chi connectivity index (χ1n) is 5.80. The molecule has 0 aliphatic heterocycles. The molecule has 0 aliphatic rings. The number of nitrogens with zero attached hydrogens (tertiary/aromatic N) is 3. The first kappa shape index (κ1) is 14.3. The summed E-state index contributed by atoms with van der Waals surface area (Å²) >= 11 is 3.40. The van der Waals surface area contributed by atoms with Crippen LogP contribution in [0.5, 0.6) is 5.75 Å². The van der Waals surface area contributed by atoms with Crippen LogP contribution in [-0.4, -0.2) is 39.7 Å². The van der Waals surface area contributed by atoms with Crippen molar-refractivity contribution in [2.45, 2.75) is 6.54 Å². The Kier molecular flexibility index (Phi) is 4.57. The van der Waals surface area contributed by atoms with Gasteiger partial charge in [0.2, 0.25) is 0 Å². The lowest BCUT2D eigenvalue weighted by molar-refractivity contribution is 0.0690. The van der Waals surface area contributed by atoms with Gasteiger partial charge in [-0.1, -0.05) is 21.1 Å². The first-order valence-corrected chi connectivity index (χ1v) is 6.59. The molecule has 0 saturated carbocycles. The van der Waals surface area contributed by atoms with E-state index in [1.807, 2.05) is 18.2 Å². The summed E-state index contributed by atoms with van der Waals surface area (Å²) in [6.45, 7) is 1.09. The number of hydrogen-bond donors (Lipinski definition) is 2. The van der Waals surface area contributed by atoms with E-state index in [0.29, 0.717) is 13.1 Å². The molecule has 106 valence electrons. The molecular formula is C12H13BrN4O3. The number of carboxylic acid groups (broad SMARTS) is 1. The van der Waals surface area contributed by atoms with Gasteiger partial charge in [0.05, 0.1) is 19.9 Å². The van der Waals surface area contributed by atoms with Gasteiger partial charge in [-0.3, -0.25) is 0 Å². The summed E-state index contributed by atoms with van der Waals surface area (Å²) in [7, 11) is 1.61. The second-order valence-corrected chi connectivity index (χ2v) is 4.89. The van der Waals surface area contributed by atoms with Gasteiger partial charge in [-0.2, -0.15) is 0 Å². The fourth-order valence-corrected chi connectivity index (χ4v) is 2.08. The van der Waals surface area contributed by atoms with E-state index in [1.165, 1.54) is 10.9 Å². The normalized spacial score (nSPS) is 10.3. The lowest BCUT2D eigenvalue weighted by Gasteiger charge is -2.08. The molecule has 1 heterocycles. The number of carboxylic acids is 1. The summed E-state index contributed by atoms with van der Waals surface area (Å²) in [5, 5.41) is 19.2. The van der Waals surface area contributed by atoms with Gasteiger partial charge in [0.15, 0.2) is 5.69 Å². The molecule has 0 saturated heterocycles. The zero-order valence-corrected chi connectivity index (χ0v) is 12.3. The summed E-state index contributed by atoms with van der Waals surface area (Å²) in [6.07, 6.45) is 1.39. The lowest BCUT2D eigenvalue weighted by atomic mass is 10.3. The number of ether oxygens (including phenoxy) is 1. The van der Waals surface area contributed by atoms with Crippen molar-refractivity contribution >= 4 is 27.6 Å². The summed E-state index contributed by atoms with van der Waals surface area (Å²) in [4.78, 5) is 10.7. The van der Waals surface area contributed by atoms with Gasteiger partial charge in [0, 0.05) is 22.8 Å². The Labute approximate surface area is 123 Å². The van der Waals surface area contributed by atoms with Crippen LogP contribution in [-0.2, 0) is 6.54 Å². The fourth-order valence-electron chi connectivity index (χ4n) is 1.60. The molecule has 0 radical (unpaired) electrons. The number of methoxy groups -OCH3 is 1. The van der Waals surface area contributed by atoms with Crippen LogP contribution in [0.4, 0.5) is 5.69 Å². The van der Waals surface area contributed by atoms with Crippen LogP contribution in [0.1, 0.15) is 10.5 Å². The van der Waals surface area contributed by atoms with Crippen LogP contribution < -0.4 is 10.1 Å². The third-order valence-corrected chi connectivity index (χ3v) is 2.99. The Bertz CT molecular complexity index is 614. The zero-order valence-electron chi connectivity index (χ0n) is 10.7. The van der Waals surface area contributed by atoms with Crippen molar-refractivity contribution in [2.75, 3.05) is 19.0 Å². The summed E-state index contributed by atoms with van der Waals surface area (Å²) < 4.78 is 7.56. The molecule has 0 unspecified atom stereocenters. The van der Waals surface area contributed by atoms with E-state index in [9.17, 15) is 4.79 Å².